The maximum atomic E-state index is 12.1. The molecule has 1 fully saturated rings. The first-order valence-corrected chi connectivity index (χ1v) is 20.4. The highest BCUT2D eigenvalue weighted by atomic mass is 16.6. The van der Waals surface area contributed by atoms with E-state index in [1.54, 1.807) is 6.92 Å². The number of carbonyl (C=O) groups is 5. The topological polar surface area (TPSA) is 122 Å². The van der Waals surface area contributed by atoms with Crippen LogP contribution in [0.1, 0.15) is 141 Å². The van der Waals surface area contributed by atoms with Crippen LogP contribution in [0, 0.1) is 11.3 Å². The van der Waals surface area contributed by atoms with Gasteiger partial charge in [0.25, 0.3) is 0 Å². The number of rotatable bonds is 24. The van der Waals surface area contributed by atoms with E-state index in [9.17, 15) is 24.0 Å². The molecule has 3 rings (SSSR count). The summed E-state index contributed by atoms with van der Waals surface area (Å²) in [5, 5.41) is 0. The van der Waals surface area contributed by atoms with Crippen molar-refractivity contribution in [2.75, 3.05) is 26.4 Å². The number of Topliss-reactive ketones (excluding diaryl/α,β-unsaturated/α-hetero) is 2. The Balaban J connectivity index is 1.85. The first-order chi connectivity index (χ1) is 26.3. The number of aryl methyl sites for hydroxylation is 2. The largest absolute Gasteiger partial charge is 0.492 e. The number of benzene rings is 2. The van der Waals surface area contributed by atoms with Crippen LogP contribution in [-0.2, 0) is 51.0 Å². The molecule has 0 N–H and O–H groups in total. The van der Waals surface area contributed by atoms with Crippen LogP contribution in [0.25, 0.3) is 11.1 Å². The van der Waals surface area contributed by atoms with Crippen molar-refractivity contribution in [3.63, 3.8) is 0 Å². The van der Waals surface area contributed by atoms with Gasteiger partial charge in [-0.1, -0.05) is 90.1 Å². The predicted molar refractivity (Wildman–Crippen MR) is 215 cm³/mol. The minimum absolute atomic E-state index is 0.0349. The number of esters is 3. The molecular weight excluding hydrogens is 696 g/mol. The lowest BCUT2D eigenvalue weighted by Gasteiger charge is -2.31. The number of hydrogen-bond donors (Lipinski definition) is 0. The van der Waals surface area contributed by atoms with Crippen molar-refractivity contribution in [2.24, 2.45) is 11.3 Å². The molecule has 0 bridgehead atoms. The normalized spacial score (nSPS) is 15.5. The third-order valence-corrected chi connectivity index (χ3v) is 11.0. The van der Waals surface area contributed by atoms with Gasteiger partial charge in [0.05, 0.1) is 12.0 Å². The Morgan fingerprint density at radius 1 is 0.709 bits per heavy atom. The molecule has 0 spiro atoms. The molecule has 0 heterocycles. The van der Waals surface area contributed by atoms with Gasteiger partial charge in [-0.2, -0.15) is 0 Å². The highest BCUT2D eigenvalue weighted by Crippen LogP contribution is 2.40. The SMILES string of the molecule is C=C(C)C(=O)OCCCc1cc(-c2ccc(C3CCC(CCCCCCC)CC3)cc2CC)ccc1OCC(CC)(COC(=O)C(C)=O)COC(=O)C(C)=O. The number of unbranched alkanes of at least 4 members (excludes halogenated alkanes) is 4. The molecule has 1 aliphatic carbocycles. The Morgan fingerprint density at radius 3 is 1.95 bits per heavy atom. The van der Waals surface area contributed by atoms with Crippen LogP contribution in [0.15, 0.2) is 48.6 Å². The van der Waals surface area contributed by atoms with E-state index in [1.807, 2.05) is 19.1 Å². The fraction of sp³-hybridized carbons (Fsp3) is 0.587. The summed E-state index contributed by atoms with van der Waals surface area (Å²) in [6, 6.07) is 13.0. The number of ketones is 2. The monoisotopic (exact) mass is 760 g/mol. The van der Waals surface area contributed by atoms with Crippen molar-refractivity contribution in [3.8, 4) is 16.9 Å². The van der Waals surface area contributed by atoms with E-state index in [0.29, 0.717) is 36.5 Å². The van der Waals surface area contributed by atoms with E-state index in [2.05, 4.69) is 44.7 Å². The zero-order valence-electron chi connectivity index (χ0n) is 34.2. The van der Waals surface area contributed by atoms with Crippen LogP contribution < -0.4 is 4.74 Å². The molecule has 0 atom stereocenters. The van der Waals surface area contributed by atoms with Crippen molar-refractivity contribution in [1.82, 2.24) is 0 Å². The van der Waals surface area contributed by atoms with E-state index in [0.717, 1.165) is 42.9 Å². The average molecular weight is 761 g/mol. The molecule has 0 aliphatic heterocycles. The maximum absolute atomic E-state index is 12.1. The Kier molecular flexibility index (Phi) is 18.8. The first-order valence-electron chi connectivity index (χ1n) is 20.4. The molecule has 9 nitrogen and oxygen atoms in total. The van der Waals surface area contributed by atoms with Crippen molar-refractivity contribution in [2.45, 2.75) is 137 Å². The van der Waals surface area contributed by atoms with Gasteiger partial charge in [-0.25, -0.2) is 14.4 Å². The molecule has 1 aliphatic rings. The second-order valence-electron chi connectivity index (χ2n) is 15.4. The second-order valence-corrected chi connectivity index (χ2v) is 15.4. The fourth-order valence-electron chi connectivity index (χ4n) is 7.20. The zero-order valence-corrected chi connectivity index (χ0v) is 34.2. The molecule has 0 saturated heterocycles. The molecule has 55 heavy (non-hydrogen) atoms. The molecule has 2 aromatic rings. The maximum Gasteiger partial charge on any atom is 0.374 e. The molecule has 0 aromatic heterocycles. The summed E-state index contributed by atoms with van der Waals surface area (Å²) < 4.78 is 22.4. The van der Waals surface area contributed by atoms with Gasteiger partial charge in [-0.3, -0.25) is 9.59 Å². The van der Waals surface area contributed by atoms with Gasteiger partial charge in [-0.05, 0) is 110 Å². The van der Waals surface area contributed by atoms with Crippen molar-refractivity contribution in [3.05, 3.63) is 65.2 Å². The molecule has 0 radical (unpaired) electrons. The quantitative estimate of drug-likeness (QED) is 0.0338. The van der Waals surface area contributed by atoms with Gasteiger partial charge in [0.2, 0.25) is 11.6 Å². The van der Waals surface area contributed by atoms with Crippen molar-refractivity contribution < 1.29 is 42.9 Å². The van der Waals surface area contributed by atoms with E-state index in [-0.39, 0.29) is 26.4 Å². The molecule has 0 amide bonds. The third kappa shape index (κ3) is 14.4. The Morgan fingerprint density at radius 2 is 1.36 bits per heavy atom. The lowest BCUT2D eigenvalue weighted by molar-refractivity contribution is -0.163. The highest BCUT2D eigenvalue weighted by Gasteiger charge is 2.35. The molecule has 1 saturated carbocycles. The van der Waals surface area contributed by atoms with Crippen LogP contribution in [0.3, 0.4) is 0 Å². The van der Waals surface area contributed by atoms with E-state index >= 15 is 0 Å². The van der Waals surface area contributed by atoms with E-state index in [1.165, 1.54) is 75.3 Å². The van der Waals surface area contributed by atoms with Gasteiger partial charge in [0.1, 0.15) is 25.6 Å². The van der Waals surface area contributed by atoms with Gasteiger partial charge < -0.3 is 18.9 Å². The van der Waals surface area contributed by atoms with Crippen molar-refractivity contribution in [1.29, 1.82) is 0 Å². The van der Waals surface area contributed by atoms with Crippen LogP contribution in [0.4, 0.5) is 0 Å². The molecule has 2 aromatic carbocycles. The number of ether oxygens (including phenoxy) is 4. The Hall–Kier alpha value is -4.27. The summed E-state index contributed by atoms with van der Waals surface area (Å²) in [7, 11) is 0. The summed E-state index contributed by atoms with van der Waals surface area (Å²) in [4.78, 5) is 59.5. The smallest absolute Gasteiger partial charge is 0.374 e. The zero-order chi connectivity index (χ0) is 40.4. The van der Waals surface area contributed by atoms with Gasteiger partial charge in [0, 0.05) is 19.4 Å². The summed E-state index contributed by atoms with van der Waals surface area (Å²) in [5.41, 5.74) is 5.09. The molecule has 0 unspecified atom stereocenters. The summed E-state index contributed by atoms with van der Waals surface area (Å²) in [6.45, 7) is 13.4. The van der Waals surface area contributed by atoms with Gasteiger partial charge in [0.15, 0.2) is 0 Å². The lowest BCUT2D eigenvalue weighted by atomic mass is 9.76. The van der Waals surface area contributed by atoms with Crippen molar-refractivity contribution >= 4 is 29.5 Å². The van der Waals surface area contributed by atoms with Gasteiger partial charge in [-0.15, -0.1) is 0 Å². The molecular formula is C46H64O9. The van der Waals surface area contributed by atoms with Crippen LogP contribution in [0.2, 0.25) is 0 Å². The Bertz CT molecular complexity index is 1580. The lowest BCUT2D eigenvalue weighted by Crippen LogP contribution is -2.40. The minimum Gasteiger partial charge on any atom is -0.492 e. The highest BCUT2D eigenvalue weighted by molar-refractivity contribution is 6.32. The van der Waals surface area contributed by atoms with Crippen LogP contribution in [0.5, 0.6) is 5.75 Å². The van der Waals surface area contributed by atoms with E-state index in [4.69, 9.17) is 18.9 Å². The molecule has 302 valence electrons. The average Bonchev–Trinajstić information content (AvgIpc) is 3.19. The predicted octanol–water partition coefficient (Wildman–Crippen LogP) is 9.64. The summed E-state index contributed by atoms with van der Waals surface area (Å²) >= 11 is 0. The fourth-order valence-corrected chi connectivity index (χ4v) is 7.20. The summed E-state index contributed by atoms with van der Waals surface area (Å²) in [6.07, 6.45) is 15.5. The Labute approximate surface area is 328 Å². The van der Waals surface area contributed by atoms with Crippen LogP contribution in [-0.4, -0.2) is 55.9 Å². The first kappa shape index (κ1) is 45.1. The van der Waals surface area contributed by atoms with E-state index < -0.39 is 34.9 Å². The summed E-state index contributed by atoms with van der Waals surface area (Å²) in [5.74, 6) is -1.96. The molecule has 9 heteroatoms. The third-order valence-electron chi connectivity index (χ3n) is 11.0. The minimum atomic E-state index is -1.04. The second kappa shape index (κ2) is 23.0. The number of carbonyl (C=O) groups excluding carboxylic acids is 5. The van der Waals surface area contributed by atoms with Crippen LogP contribution >= 0.6 is 0 Å². The number of hydrogen-bond acceptors (Lipinski definition) is 9. The standard InChI is InChI=1S/C46H64O9/c1-8-11-12-13-14-16-35-18-20-37(21-19-35)38-22-24-41(36(9-2)27-38)39-23-25-42(40(28-39)17-15-26-52-43(49)32(4)5)53-29-46(10-3,30-54-44(50)33(6)47)31-55-45(51)34(7)48/h22-25,27-28,35,37H,4,8-21,26,29-31H2,1-3,5-7H3. The van der Waals surface area contributed by atoms with Gasteiger partial charge >= 0.3 is 17.9 Å².